The van der Waals surface area contributed by atoms with E-state index in [9.17, 15) is 9.59 Å². The number of carbonyl (C=O) groups excluding carboxylic acids is 2. The number of hydrogen-bond acceptors (Lipinski definition) is 3. The summed E-state index contributed by atoms with van der Waals surface area (Å²) in [5.74, 6) is 1.33. The maximum absolute atomic E-state index is 11.2. The van der Waals surface area contributed by atoms with E-state index in [1.165, 1.54) is 12.4 Å². The summed E-state index contributed by atoms with van der Waals surface area (Å²) in [6.45, 7) is 0. The third kappa shape index (κ3) is 1.19. The lowest BCUT2D eigenvalue weighted by atomic mass is 10.1. The van der Waals surface area contributed by atoms with Crippen molar-refractivity contribution in [2.24, 2.45) is 9.98 Å². The van der Waals surface area contributed by atoms with E-state index < -0.39 is 0 Å². The smallest absolute Gasteiger partial charge is 0.267 e. The van der Waals surface area contributed by atoms with E-state index in [1.54, 1.807) is 18.1 Å². The molecule has 0 fully saturated rings. The molecule has 0 bridgehead atoms. The molecule has 1 amide bonds. The Hall–Kier alpha value is -2.06. The van der Waals surface area contributed by atoms with E-state index in [1.807, 2.05) is 0 Å². The van der Waals surface area contributed by atoms with Gasteiger partial charge in [-0.2, -0.15) is 4.99 Å². The quantitative estimate of drug-likeness (QED) is 0.503. The first-order valence-electron chi connectivity index (χ1n) is 3.61. The molecule has 0 spiro atoms. The third-order valence-corrected chi connectivity index (χ3v) is 1.72. The zero-order valence-corrected chi connectivity index (χ0v) is 6.52. The van der Waals surface area contributed by atoms with E-state index in [0.717, 1.165) is 0 Å². The summed E-state index contributed by atoms with van der Waals surface area (Å²) in [5.41, 5.74) is 0.350. The molecule has 0 N–H and O–H groups in total. The van der Waals surface area contributed by atoms with Crippen molar-refractivity contribution in [3.05, 3.63) is 34.3 Å². The normalized spacial score (nSPS) is 13.1. The molecule has 1 heterocycles. The summed E-state index contributed by atoms with van der Waals surface area (Å²) in [5, 5.41) is 0.874. The lowest BCUT2D eigenvalue weighted by molar-refractivity contribution is 0.100. The molecule has 0 atom stereocenters. The van der Waals surface area contributed by atoms with Gasteiger partial charge in [0.25, 0.3) is 5.91 Å². The van der Waals surface area contributed by atoms with Crippen LogP contribution in [-0.2, 0) is 4.79 Å². The Labute approximate surface area is 72.9 Å². The molecule has 1 aromatic rings. The van der Waals surface area contributed by atoms with Crippen LogP contribution >= 0.6 is 0 Å². The standard InChI is InChI=1S/C9H4N2O2/c12-4-6-1-2-8-7(3-6)9(13)11-5-10-8/h1-3,5H. The van der Waals surface area contributed by atoms with Crippen LogP contribution in [0.3, 0.4) is 0 Å². The fourth-order valence-corrected chi connectivity index (χ4v) is 1.10. The molecular formula is C9H4N2O2. The topological polar surface area (TPSA) is 58.9 Å². The Morgan fingerprint density at radius 1 is 1.31 bits per heavy atom. The first-order valence-corrected chi connectivity index (χ1v) is 3.61. The molecule has 4 heteroatoms. The zero-order chi connectivity index (χ0) is 9.26. The van der Waals surface area contributed by atoms with Crippen LogP contribution in [0.4, 0.5) is 0 Å². The molecule has 0 radical (unpaired) electrons. The number of hydrogen-bond donors (Lipinski definition) is 0. The predicted octanol–water partition coefficient (Wildman–Crippen LogP) is -1.01. The predicted molar refractivity (Wildman–Crippen MR) is 44.8 cm³/mol. The molecule has 62 valence electrons. The van der Waals surface area contributed by atoms with Crippen molar-refractivity contribution in [2.75, 3.05) is 0 Å². The molecule has 1 aromatic carbocycles. The molecular weight excluding hydrogens is 168 g/mol. The highest BCUT2D eigenvalue weighted by molar-refractivity contribution is 6.00. The summed E-state index contributed by atoms with van der Waals surface area (Å²) < 4.78 is 0. The first kappa shape index (κ1) is 7.58. The van der Waals surface area contributed by atoms with Gasteiger partial charge < -0.3 is 0 Å². The van der Waals surface area contributed by atoms with E-state index >= 15 is 0 Å². The first-order chi connectivity index (χ1) is 6.31. The summed E-state index contributed by atoms with van der Waals surface area (Å²) in [6, 6.07) is 4.59. The number of amides is 1. The number of fused-ring (bicyclic) bond motifs is 1. The number of rotatable bonds is 0. The second-order valence-corrected chi connectivity index (χ2v) is 2.51. The molecule has 0 unspecified atom stereocenters. The molecule has 2 rings (SSSR count). The average molecular weight is 172 g/mol. The van der Waals surface area contributed by atoms with Crippen molar-refractivity contribution in [1.29, 1.82) is 0 Å². The van der Waals surface area contributed by atoms with Crippen LogP contribution in [0.25, 0.3) is 0 Å². The number of benzene rings is 1. The van der Waals surface area contributed by atoms with Gasteiger partial charge in [-0.15, -0.1) is 0 Å². The third-order valence-electron chi connectivity index (χ3n) is 1.72. The molecule has 0 saturated heterocycles. The van der Waals surface area contributed by atoms with Crippen molar-refractivity contribution in [3.63, 3.8) is 0 Å². The molecule has 4 nitrogen and oxygen atoms in total. The SMILES string of the molecule is O=C=c1ccc2c(c1)C(=O)N=CN=2. The molecule has 1 aliphatic heterocycles. The van der Waals surface area contributed by atoms with Crippen LogP contribution in [0.5, 0.6) is 0 Å². The Morgan fingerprint density at radius 2 is 2.15 bits per heavy atom. The van der Waals surface area contributed by atoms with Crippen LogP contribution < -0.4 is 10.6 Å². The summed E-state index contributed by atoms with van der Waals surface area (Å²) in [4.78, 5) is 28.8. The van der Waals surface area contributed by atoms with Gasteiger partial charge in [0.2, 0.25) is 0 Å². The highest BCUT2D eigenvalue weighted by atomic mass is 16.1. The van der Waals surface area contributed by atoms with E-state index in [4.69, 9.17) is 0 Å². The van der Waals surface area contributed by atoms with Crippen molar-refractivity contribution < 1.29 is 9.59 Å². The Kier molecular flexibility index (Phi) is 1.61. The second kappa shape index (κ2) is 2.77. The van der Waals surface area contributed by atoms with Gasteiger partial charge in [0.05, 0.1) is 16.1 Å². The van der Waals surface area contributed by atoms with E-state index in [-0.39, 0.29) is 5.91 Å². The zero-order valence-electron chi connectivity index (χ0n) is 6.52. The van der Waals surface area contributed by atoms with E-state index in [2.05, 4.69) is 9.98 Å². The lowest BCUT2D eigenvalue weighted by Gasteiger charge is -1.98. The Morgan fingerprint density at radius 3 is 2.92 bits per heavy atom. The van der Waals surface area contributed by atoms with E-state index in [0.29, 0.717) is 16.1 Å². The monoisotopic (exact) mass is 172 g/mol. The van der Waals surface area contributed by atoms with Gasteiger partial charge in [0.15, 0.2) is 0 Å². The van der Waals surface area contributed by atoms with Crippen LogP contribution in [0.2, 0.25) is 0 Å². The lowest BCUT2D eigenvalue weighted by Crippen LogP contribution is -2.22. The minimum absolute atomic E-state index is 0.333. The fourth-order valence-electron chi connectivity index (χ4n) is 1.10. The van der Waals surface area contributed by atoms with Crippen LogP contribution in [0.1, 0.15) is 10.4 Å². The highest BCUT2D eigenvalue weighted by Gasteiger charge is 2.08. The van der Waals surface area contributed by atoms with Gasteiger partial charge in [-0.1, -0.05) is 0 Å². The minimum Gasteiger partial charge on any atom is -0.267 e. The summed E-state index contributed by atoms with van der Waals surface area (Å²) in [6.07, 6.45) is 1.20. The molecule has 0 saturated carbocycles. The van der Waals surface area contributed by atoms with Gasteiger partial charge in [0.1, 0.15) is 12.3 Å². The number of aliphatic imine (C=N–C) groups is 1. The van der Waals surface area contributed by atoms with Crippen LogP contribution in [0, 0.1) is 0 Å². The highest BCUT2D eigenvalue weighted by Crippen LogP contribution is 1.93. The molecule has 0 aliphatic carbocycles. The molecule has 1 aliphatic rings. The van der Waals surface area contributed by atoms with Crippen molar-refractivity contribution in [1.82, 2.24) is 0 Å². The number of nitrogens with zero attached hydrogens (tertiary/aromatic N) is 2. The maximum atomic E-state index is 11.2. The van der Waals surface area contributed by atoms with Crippen molar-refractivity contribution in [2.45, 2.75) is 0 Å². The maximum Gasteiger partial charge on any atom is 0.280 e. The summed E-state index contributed by atoms with van der Waals surface area (Å²) in [7, 11) is 0. The van der Waals surface area contributed by atoms with Gasteiger partial charge >= 0.3 is 0 Å². The Bertz CT molecular complexity index is 539. The minimum atomic E-state index is -0.373. The number of carbonyl (C=O) groups is 1. The van der Waals surface area contributed by atoms with Crippen molar-refractivity contribution >= 4 is 18.2 Å². The average Bonchev–Trinajstić information content (AvgIpc) is 2.18. The molecule has 0 aromatic heterocycles. The fraction of sp³-hybridized carbons (Fsp3) is 0. The largest absolute Gasteiger partial charge is 0.280 e. The van der Waals surface area contributed by atoms with Crippen molar-refractivity contribution in [3.8, 4) is 0 Å². The van der Waals surface area contributed by atoms with Gasteiger partial charge in [-0.3, -0.25) is 4.79 Å². The molecule has 13 heavy (non-hydrogen) atoms. The van der Waals surface area contributed by atoms with Crippen LogP contribution in [-0.4, -0.2) is 18.2 Å². The Balaban J connectivity index is 2.87. The van der Waals surface area contributed by atoms with Crippen LogP contribution in [0.15, 0.2) is 28.2 Å². The van der Waals surface area contributed by atoms with Gasteiger partial charge in [0, 0.05) is 0 Å². The van der Waals surface area contributed by atoms with Gasteiger partial charge in [-0.05, 0) is 18.2 Å². The summed E-state index contributed by atoms with van der Waals surface area (Å²) >= 11 is 0. The second-order valence-electron chi connectivity index (χ2n) is 2.51. The van der Waals surface area contributed by atoms with Gasteiger partial charge in [-0.25, -0.2) is 9.79 Å².